The first-order valence-corrected chi connectivity index (χ1v) is 7.71. The highest BCUT2D eigenvalue weighted by Crippen LogP contribution is 2.25. The van der Waals surface area contributed by atoms with Gasteiger partial charge in [0.2, 0.25) is 0 Å². The lowest BCUT2D eigenvalue weighted by atomic mass is 10.0. The fourth-order valence-corrected chi connectivity index (χ4v) is 2.95. The van der Waals surface area contributed by atoms with Crippen LogP contribution >= 0.6 is 15.9 Å². The number of morpholine rings is 1. The van der Waals surface area contributed by atoms with Crippen LogP contribution in [0, 0.1) is 6.92 Å². The summed E-state index contributed by atoms with van der Waals surface area (Å²) in [6, 6.07) is 3.49. The van der Waals surface area contributed by atoms with Crippen molar-refractivity contribution in [3.8, 4) is 0 Å². The van der Waals surface area contributed by atoms with Gasteiger partial charge in [-0.25, -0.2) is 4.79 Å². The van der Waals surface area contributed by atoms with Crippen LogP contribution < -0.4 is 5.73 Å². The highest BCUT2D eigenvalue weighted by Gasteiger charge is 2.34. The molecule has 0 unspecified atom stereocenters. The minimum Gasteiger partial charge on any atom is -0.467 e. The summed E-state index contributed by atoms with van der Waals surface area (Å²) in [6.07, 6.45) is -1.01. The number of hydrogen-bond acceptors (Lipinski definition) is 5. The van der Waals surface area contributed by atoms with Crippen LogP contribution in [-0.2, 0) is 14.3 Å². The van der Waals surface area contributed by atoms with Crippen LogP contribution in [-0.4, -0.2) is 49.2 Å². The third-order valence-electron chi connectivity index (χ3n) is 3.65. The maximum atomic E-state index is 12.8. The summed E-state index contributed by atoms with van der Waals surface area (Å²) in [5.74, 6) is -0.649. The number of nitrogens with zero attached hydrogens (tertiary/aromatic N) is 1. The molecule has 1 saturated heterocycles. The third kappa shape index (κ3) is 3.41. The van der Waals surface area contributed by atoms with Gasteiger partial charge in [0.05, 0.1) is 19.8 Å². The zero-order valence-electron chi connectivity index (χ0n) is 12.8. The predicted octanol–water partition coefficient (Wildman–Crippen LogP) is 1.74. The van der Waals surface area contributed by atoms with E-state index in [4.69, 9.17) is 15.2 Å². The number of hydrogen-bond donors (Lipinski definition) is 1. The lowest BCUT2D eigenvalue weighted by Gasteiger charge is -2.35. The van der Waals surface area contributed by atoms with E-state index in [9.17, 15) is 9.59 Å². The zero-order chi connectivity index (χ0) is 16.4. The van der Waals surface area contributed by atoms with Crippen LogP contribution in [0.4, 0.5) is 5.69 Å². The van der Waals surface area contributed by atoms with Gasteiger partial charge in [-0.15, -0.1) is 0 Å². The molecule has 120 valence electrons. The molecule has 0 radical (unpaired) electrons. The van der Waals surface area contributed by atoms with Crippen LogP contribution in [0.25, 0.3) is 0 Å². The lowest BCUT2D eigenvalue weighted by molar-refractivity contribution is -0.164. The van der Waals surface area contributed by atoms with Gasteiger partial charge in [0.1, 0.15) is 0 Å². The molecule has 0 aliphatic carbocycles. The Labute approximate surface area is 137 Å². The van der Waals surface area contributed by atoms with Crippen molar-refractivity contribution in [1.82, 2.24) is 4.90 Å². The summed E-state index contributed by atoms with van der Waals surface area (Å²) in [4.78, 5) is 26.0. The Balaban J connectivity index is 2.27. The topological polar surface area (TPSA) is 81.9 Å². The molecular weight excluding hydrogens is 352 g/mol. The number of carbonyl (C=O) groups is 2. The van der Waals surface area contributed by atoms with Crippen LogP contribution in [0.5, 0.6) is 0 Å². The molecule has 2 atom stereocenters. The molecule has 0 spiro atoms. The molecule has 2 rings (SSSR count). The smallest absolute Gasteiger partial charge is 0.336 e. The normalized spacial score (nSPS) is 21.5. The van der Waals surface area contributed by atoms with Gasteiger partial charge >= 0.3 is 5.97 Å². The third-order valence-corrected chi connectivity index (χ3v) is 4.11. The minimum absolute atomic E-state index is 0.168. The molecule has 1 heterocycles. The molecule has 1 aromatic carbocycles. The van der Waals surface area contributed by atoms with E-state index in [0.29, 0.717) is 17.8 Å². The van der Waals surface area contributed by atoms with Crippen LogP contribution in [0.2, 0.25) is 0 Å². The molecule has 6 nitrogen and oxygen atoms in total. The number of ether oxygens (including phenoxy) is 2. The van der Waals surface area contributed by atoms with Gasteiger partial charge in [0.25, 0.3) is 5.91 Å². The molecule has 0 bridgehead atoms. The highest BCUT2D eigenvalue weighted by atomic mass is 79.9. The number of amides is 1. The number of halogens is 1. The van der Waals surface area contributed by atoms with E-state index in [-0.39, 0.29) is 18.6 Å². The monoisotopic (exact) mass is 370 g/mol. The van der Waals surface area contributed by atoms with Gasteiger partial charge in [0.15, 0.2) is 6.10 Å². The van der Waals surface area contributed by atoms with Crippen molar-refractivity contribution in [3.05, 3.63) is 27.7 Å². The van der Waals surface area contributed by atoms with Crippen molar-refractivity contribution in [2.24, 2.45) is 0 Å². The number of benzene rings is 1. The molecule has 1 aromatic rings. The van der Waals surface area contributed by atoms with Gasteiger partial charge in [-0.3, -0.25) is 4.79 Å². The average molecular weight is 371 g/mol. The Kier molecular flexibility index (Phi) is 5.08. The first-order valence-electron chi connectivity index (χ1n) is 6.91. The van der Waals surface area contributed by atoms with Crippen molar-refractivity contribution in [3.63, 3.8) is 0 Å². The predicted molar refractivity (Wildman–Crippen MR) is 85.5 cm³/mol. The minimum atomic E-state index is -0.762. The average Bonchev–Trinajstić information content (AvgIpc) is 2.48. The van der Waals surface area contributed by atoms with Crippen molar-refractivity contribution in [1.29, 1.82) is 0 Å². The van der Waals surface area contributed by atoms with Crippen molar-refractivity contribution in [2.45, 2.75) is 26.1 Å². The molecule has 0 saturated carbocycles. The Bertz CT molecular complexity index is 605. The summed E-state index contributed by atoms with van der Waals surface area (Å²) in [7, 11) is 1.30. The number of anilines is 1. The molecule has 22 heavy (non-hydrogen) atoms. The Morgan fingerprint density at radius 1 is 1.41 bits per heavy atom. The first kappa shape index (κ1) is 16.8. The van der Waals surface area contributed by atoms with Gasteiger partial charge in [-0.05, 0) is 31.5 Å². The summed E-state index contributed by atoms with van der Waals surface area (Å²) in [6.45, 7) is 4.20. The summed E-state index contributed by atoms with van der Waals surface area (Å²) >= 11 is 3.35. The number of rotatable bonds is 2. The first-order chi connectivity index (χ1) is 10.3. The second kappa shape index (κ2) is 6.66. The van der Waals surface area contributed by atoms with E-state index in [1.807, 2.05) is 6.92 Å². The van der Waals surface area contributed by atoms with E-state index in [2.05, 4.69) is 15.9 Å². The van der Waals surface area contributed by atoms with Crippen LogP contribution in [0.15, 0.2) is 16.6 Å². The SMILES string of the molecule is COC(=O)[C@@H]1CN(C(=O)c2cc(Br)cc(N)c2C)C[C@@H](C)O1. The van der Waals surface area contributed by atoms with Gasteiger partial charge < -0.3 is 20.1 Å². The molecule has 0 aromatic heterocycles. The fraction of sp³-hybridized carbons (Fsp3) is 0.467. The summed E-state index contributed by atoms with van der Waals surface area (Å²) in [5, 5.41) is 0. The number of esters is 1. The standard InChI is InChI=1S/C15H19BrN2O4/c1-8-6-18(7-13(22-8)15(20)21-3)14(19)11-4-10(16)5-12(17)9(11)2/h4-5,8,13H,6-7,17H2,1-3H3/t8-,13+/m1/s1. The highest BCUT2D eigenvalue weighted by molar-refractivity contribution is 9.10. The number of methoxy groups -OCH3 is 1. The second-order valence-corrected chi connectivity index (χ2v) is 6.25. The molecule has 7 heteroatoms. The van der Waals surface area contributed by atoms with Crippen LogP contribution in [0.1, 0.15) is 22.8 Å². The van der Waals surface area contributed by atoms with Crippen molar-refractivity contribution >= 4 is 33.5 Å². The summed E-state index contributed by atoms with van der Waals surface area (Å²) < 4.78 is 11.0. The maximum absolute atomic E-state index is 12.8. The van der Waals surface area contributed by atoms with E-state index < -0.39 is 12.1 Å². The van der Waals surface area contributed by atoms with Gasteiger partial charge in [-0.1, -0.05) is 15.9 Å². The maximum Gasteiger partial charge on any atom is 0.336 e. The summed E-state index contributed by atoms with van der Waals surface area (Å²) in [5.41, 5.74) is 7.70. The molecule has 1 aliphatic rings. The van der Waals surface area contributed by atoms with E-state index in [1.165, 1.54) is 7.11 Å². The zero-order valence-corrected chi connectivity index (χ0v) is 14.3. The lowest BCUT2D eigenvalue weighted by Crippen LogP contribution is -2.52. The Morgan fingerprint density at radius 2 is 2.09 bits per heavy atom. The van der Waals surface area contributed by atoms with E-state index in [0.717, 1.165) is 10.0 Å². The van der Waals surface area contributed by atoms with E-state index >= 15 is 0 Å². The van der Waals surface area contributed by atoms with Gasteiger partial charge in [-0.2, -0.15) is 0 Å². The quantitative estimate of drug-likeness (QED) is 0.633. The fourth-order valence-electron chi connectivity index (χ4n) is 2.47. The van der Waals surface area contributed by atoms with Crippen molar-refractivity contribution < 1.29 is 19.1 Å². The Morgan fingerprint density at radius 3 is 2.73 bits per heavy atom. The molecular formula is C15H19BrN2O4. The molecule has 2 N–H and O–H groups in total. The second-order valence-electron chi connectivity index (χ2n) is 5.34. The number of nitrogens with two attached hydrogens (primary N) is 1. The number of carbonyl (C=O) groups excluding carboxylic acids is 2. The molecule has 1 aliphatic heterocycles. The van der Waals surface area contributed by atoms with Crippen LogP contribution in [0.3, 0.4) is 0 Å². The number of nitrogen functional groups attached to an aromatic ring is 1. The van der Waals surface area contributed by atoms with E-state index in [1.54, 1.807) is 24.0 Å². The largest absolute Gasteiger partial charge is 0.467 e. The Hall–Kier alpha value is -1.60. The van der Waals surface area contributed by atoms with Gasteiger partial charge in [0, 0.05) is 22.3 Å². The molecule has 1 fully saturated rings. The molecule has 1 amide bonds. The van der Waals surface area contributed by atoms with Crippen molar-refractivity contribution in [2.75, 3.05) is 25.9 Å².